The molecule has 1 saturated carbocycles. The molecule has 3 saturated heterocycles. The lowest BCUT2D eigenvalue weighted by molar-refractivity contribution is 0.0175. The summed E-state index contributed by atoms with van der Waals surface area (Å²) in [5, 5.41) is 6.16. The van der Waals surface area contributed by atoms with E-state index in [1.165, 1.54) is 35.2 Å². The van der Waals surface area contributed by atoms with Gasteiger partial charge in [0.2, 0.25) is 40.1 Å². The Labute approximate surface area is 702 Å². The monoisotopic (exact) mass is 1740 g/mol. The number of piperidine rings is 3. The summed E-state index contributed by atoms with van der Waals surface area (Å²) >= 11 is 5.96. The van der Waals surface area contributed by atoms with Gasteiger partial charge in [-0.1, -0.05) is 152 Å². The molecule has 12 rings (SSSR count). The first-order valence-electron chi connectivity index (χ1n) is 39.9. The number of rotatable bonds is 28. The minimum absolute atomic E-state index is 0.00828. The molecule has 3 aliphatic heterocycles. The van der Waals surface area contributed by atoms with Crippen LogP contribution in [0.25, 0.3) is 44.5 Å². The van der Waals surface area contributed by atoms with Crippen LogP contribution in [0.5, 0.6) is 0 Å². The summed E-state index contributed by atoms with van der Waals surface area (Å²) in [6.07, 6.45) is 9.43. The number of halogens is 5. The van der Waals surface area contributed by atoms with Gasteiger partial charge in [-0.15, -0.1) is 0 Å². The molecule has 3 heterocycles. The highest BCUT2D eigenvalue weighted by Gasteiger charge is 2.33. The van der Waals surface area contributed by atoms with Gasteiger partial charge in [0.1, 0.15) is 23.1 Å². The number of ether oxygens (including phenoxy) is 1. The molecular formula is C89H106ClF4N7O14S4. The number of nitrogens with one attached hydrogen (secondary N) is 6. The van der Waals surface area contributed by atoms with Gasteiger partial charge < -0.3 is 20.3 Å². The quantitative estimate of drug-likeness (QED) is 0.0196. The zero-order chi connectivity index (χ0) is 86.2. The van der Waals surface area contributed by atoms with Gasteiger partial charge in [0, 0.05) is 13.1 Å². The van der Waals surface area contributed by atoms with Crippen molar-refractivity contribution in [2.45, 2.75) is 118 Å². The number of hydrogen-bond donors (Lipinski definition) is 6. The summed E-state index contributed by atoms with van der Waals surface area (Å²) in [4.78, 5) is 64.3. The summed E-state index contributed by atoms with van der Waals surface area (Å²) in [5.74, 6) is -5.56. The third-order valence-electron chi connectivity index (χ3n) is 20.7. The second kappa shape index (κ2) is 43.7. The number of aryl methyl sites for hydroxylation is 3. The number of hydrogen-bond acceptors (Lipinski definition) is 16. The highest BCUT2D eigenvalue weighted by Crippen LogP contribution is 2.33. The number of ketones is 4. The molecule has 0 aromatic heterocycles. The van der Waals surface area contributed by atoms with E-state index in [1.54, 1.807) is 59.7 Å². The predicted molar refractivity (Wildman–Crippen MR) is 459 cm³/mol. The Kier molecular flexibility index (Phi) is 34.5. The van der Waals surface area contributed by atoms with E-state index in [9.17, 15) is 75.2 Å². The minimum Gasteiger partial charge on any atom is -0.444 e. The van der Waals surface area contributed by atoms with Crippen LogP contribution in [0.4, 0.5) is 22.4 Å². The number of Topliss-reactive ketones (excluding diaryl/α,β-unsaturated/α-hetero) is 4. The molecule has 3 unspecified atom stereocenters. The van der Waals surface area contributed by atoms with Crippen LogP contribution in [0.2, 0.25) is 5.02 Å². The van der Waals surface area contributed by atoms with Crippen LogP contribution in [-0.4, -0.2) is 162 Å². The highest BCUT2D eigenvalue weighted by atomic mass is 35.5. The Bertz CT molecular complexity index is 4940. The molecule has 4 fully saturated rings. The van der Waals surface area contributed by atoms with E-state index in [4.69, 9.17) is 16.3 Å². The van der Waals surface area contributed by atoms with Crippen LogP contribution in [-0.2, 0) is 44.8 Å². The topological polar surface area (TPSA) is 307 Å². The Balaban J connectivity index is 0.000000182. The summed E-state index contributed by atoms with van der Waals surface area (Å²) in [5.41, 5.74) is 5.89. The van der Waals surface area contributed by atoms with Crippen molar-refractivity contribution in [1.82, 2.24) is 34.4 Å². The van der Waals surface area contributed by atoms with Crippen LogP contribution < -0.4 is 29.5 Å². The van der Waals surface area contributed by atoms with E-state index in [0.29, 0.717) is 60.3 Å². The standard InChI is InChI=1S/C26H33FN2O5S.C22H26FNO3S.C21H25FN2O3S.C20H22ClFN2O3S/c1-18-13-21(20-10-6-5-7-11-20)14-22(24(18)27)23(30)15-28-35(32,33)17-19-9-8-12-29(16-19)25(31)34-26(2,3)4;1-16-12-19(18-10-6-3-7-11-18)13-20(22(16)23)21(25)14-24-28(26,27)15-17-8-4-2-5-9-17;1-15-10-18(17-7-3-2-4-8-17)11-19(21(15)22)20(25)13-24-28(26,27)14-16-6-5-9-23-12-16;21-18-10-16(15-6-2-1-3-7-15)9-17(20(18)22)19(25)12-24-28(26,27)13-14-5-4-8-23-11-14/h5-7,10-11,13-14,19,28H,8-9,12,15-17H2,1-4H3;3,6-7,10-13,17,24H,2,4-5,8-9,14-15H2,1H3;2-4,7-8,10-11,16,23-24H,5-6,9,12-14H2,1H3;1-3,6-7,9-10,14,23-24H,4-5,8,11-13H2. The summed E-state index contributed by atoms with van der Waals surface area (Å²) in [7, 11) is -14.6. The molecule has 119 heavy (non-hydrogen) atoms. The lowest BCUT2D eigenvalue weighted by Gasteiger charge is -2.34. The number of amides is 1. The Morgan fingerprint density at radius 1 is 0.395 bits per heavy atom. The van der Waals surface area contributed by atoms with Crippen molar-refractivity contribution >= 4 is 80.9 Å². The normalized spacial score (nSPS) is 16.8. The maximum absolute atomic E-state index is 14.7. The number of nitrogens with zero attached hydrogens (tertiary/aromatic N) is 1. The van der Waals surface area contributed by atoms with Gasteiger partial charge in [0.05, 0.1) is 76.5 Å². The lowest BCUT2D eigenvalue weighted by atomic mass is 9.91. The molecule has 1 aliphatic carbocycles. The lowest BCUT2D eigenvalue weighted by Crippen LogP contribution is -2.45. The van der Waals surface area contributed by atoms with Crippen molar-refractivity contribution in [2.75, 3.05) is 88.5 Å². The van der Waals surface area contributed by atoms with Crippen molar-refractivity contribution in [3.8, 4) is 44.5 Å². The van der Waals surface area contributed by atoms with Gasteiger partial charge in [0.25, 0.3) is 0 Å². The molecule has 30 heteroatoms. The highest BCUT2D eigenvalue weighted by molar-refractivity contribution is 7.90. The zero-order valence-electron chi connectivity index (χ0n) is 67.8. The molecule has 8 aromatic carbocycles. The van der Waals surface area contributed by atoms with Crippen molar-refractivity contribution < 1.29 is 79.9 Å². The average molecular weight is 1740 g/mol. The fourth-order valence-electron chi connectivity index (χ4n) is 14.6. The molecule has 3 atom stereocenters. The van der Waals surface area contributed by atoms with Crippen LogP contribution in [0, 0.1) is 67.7 Å². The second-order valence-corrected chi connectivity index (χ2v) is 39.5. The fourth-order valence-corrected chi connectivity index (χ4v) is 20.4. The SMILES string of the molecule is Cc1cc(-c2ccccc2)cc(C(=O)CNS(=O)(=O)CC2CCCCC2)c1F.Cc1cc(-c2ccccc2)cc(C(=O)CNS(=O)(=O)CC2CCCN(C(=O)OC(C)(C)C)C2)c1F.Cc1cc(-c2ccccc2)cc(C(=O)CNS(=O)(=O)CC2CCCNC2)c1F.O=C(CNS(=O)(=O)CC1CCCNC1)c1cc(-c2ccccc2)cc(Cl)c1F. The van der Waals surface area contributed by atoms with E-state index < -0.39 is 124 Å². The Morgan fingerprint density at radius 3 is 1.01 bits per heavy atom. The van der Waals surface area contributed by atoms with E-state index in [-0.39, 0.29) is 80.5 Å². The van der Waals surface area contributed by atoms with Crippen LogP contribution in [0.3, 0.4) is 0 Å². The van der Waals surface area contributed by atoms with E-state index in [2.05, 4.69) is 29.5 Å². The molecule has 1 amide bonds. The predicted octanol–water partition coefficient (Wildman–Crippen LogP) is 15.2. The zero-order valence-corrected chi connectivity index (χ0v) is 71.9. The first kappa shape index (κ1) is 94.1. The Hall–Kier alpha value is -8.72. The maximum Gasteiger partial charge on any atom is 0.410 e. The van der Waals surface area contributed by atoms with E-state index >= 15 is 0 Å². The first-order chi connectivity index (χ1) is 56.4. The third kappa shape index (κ3) is 29.6. The molecule has 640 valence electrons. The van der Waals surface area contributed by atoms with Gasteiger partial charge in [-0.25, -0.2) is 74.9 Å². The van der Waals surface area contributed by atoms with Crippen LogP contribution in [0.1, 0.15) is 150 Å². The molecule has 0 bridgehead atoms. The summed E-state index contributed by atoms with van der Waals surface area (Å²) in [6, 6.07) is 49.4. The number of sulfonamides is 4. The van der Waals surface area contributed by atoms with Crippen LogP contribution in [0.15, 0.2) is 170 Å². The van der Waals surface area contributed by atoms with Crippen molar-refractivity contribution in [2.24, 2.45) is 23.7 Å². The number of carbonyl (C=O) groups excluding carboxylic acids is 5. The van der Waals surface area contributed by atoms with Gasteiger partial charge in [-0.3, -0.25) is 19.2 Å². The van der Waals surface area contributed by atoms with Gasteiger partial charge in [0.15, 0.2) is 29.0 Å². The largest absolute Gasteiger partial charge is 0.444 e. The van der Waals surface area contributed by atoms with Crippen LogP contribution >= 0.6 is 11.6 Å². The van der Waals surface area contributed by atoms with Gasteiger partial charge in [-0.05, 0) is 252 Å². The summed E-state index contributed by atoms with van der Waals surface area (Å²) in [6.45, 7) is 12.0. The first-order valence-corrected chi connectivity index (χ1v) is 46.9. The molecule has 0 radical (unpaired) electrons. The molecule has 8 aromatic rings. The Morgan fingerprint density at radius 2 is 0.689 bits per heavy atom. The van der Waals surface area contributed by atoms with Gasteiger partial charge >= 0.3 is 6.09 Å². The van der Waals surface area contributed by atoms with Gasteiger partial charge in [-0.2, -0.15) is 0 Å². The molecule has 0 spiro atoms. The maximum atomic E-state index is 14.7. The average Bonchev–Trinajstić information content (AvgIpc) is 0.820. The number of benzene rings is 8. The van der Waals surface area contributed by atoms with Crippen molar-refractivity contribution in [3.05, 3.63) is 237 Å². The van der Waals surface area contributed by atoms with Crippen molar-refractivity contribution in [1.29, 1.82) is 0 Å². The van der Waals surface area contributed by atoms with E-state index in [0.717, 1.165) is 104 Å². The van der Waals surface area contributed by atoms with E-state index in [1.807, 2.05) is 121 Å². The molecule has 21 nitrogen and oxygen atoms in total. The molecular weight excluding hydrogens is 1630 g/mol. The fraction of sp³-hybridized carbons (Fsp3) is 0.404. The molecule has 4 aliphatic rings. The smallest absolute Gasteiger partial charge is 0.410 e. The number of likely N-dealkylation sites (tertiary alicyclic amines) is 1. The third-order valence-corrected chi connectivity index (χ3v) is 27.0. The number of carbonyl (C=O) groups is 5. The summed E-state index contributed by atoms with van der Waals surface area (Å²) < 4.78 is 172. The second-order valence-electron chi connectivity index (χ2n) is 31.7. The minimum atomic E-state index is -3.83. The molecule has 6 N–H and O–H groups in total. The van der Waals surface area contributed by atoms with Crippen molar-refractivity contribution in [3.63, 3.8) is 0 Å².